The van der Waals surface area contributed by atoms with Crippen LogP contribution in [0.1, 0.15) is 94.9 Å². The molecule has 0 saturated heterocycles. The highest BCUT2D eigenvalue weighted by atomic mass is 15.2. The van der Waals surface area contributed by atoms with Crippen molar-refractivity contribution in [3.63, 3.8) is 0 Å². The molecular weight excluding hydrogens is 603 g/mol. The fourth-order valence-electron chi connectivity index (χ4n) is 12.3. The molecule has 0 aromatic heterocycles. The second-order valence-corrected chi connectivity index (χ2v) is 18.0. The zero-order valence-corrected chi connectivity index (χ0v) is 30.2. The predicted octanol–water partition coefficient (Wildman–Crippen LogP) is 10.2. The summed E-state index contributed by atoms with van der Waals surface area (Å²) >= 11 is 0. The molecule has 1 spiro atoms. The van der Waals surface area contributed by atoms with E-state index in [4.69, 9.17) is 0 Å². The van der Waals surface area contributed by atoms with Crippen molar-refractivity contribution in [2.45, 2.75) is 83.5 Å². The van der Waals surface area contributed by atoms with Crippen LogP contribution >= 0.6 is 0 Å². The summed E-state index contributed by atoms with van der Waals surface area (Å²) < 4.78 is 0. The molecule has 7 aliphatic rings. The molecule has 4 saturated carbocycles. The average Bonchev–Trinajstić information content (AvgIpc) is 3.11. The topological polar surface area (TPSA) is 6.48 Å². The molecule has 3 heteroatoms. The van der Waals surface area contributed by atoms with Crippen molar-refractivity contribution in [1.29, 1.82) is 0 Å². The smallest absolute Gasteiger partial charge is 0.252 e. The van der Waals surface area contributed by atoms with Crippen molar-refractivity contribution in [3.05, 3.63) is 125 Å². The van der Waals surface area contributed by atoms with Gasteiger partial charge in [0.2, 0.25) is 0 Å². The highest BCUT2D eigenvalue weighted by molar-refractivity contribution is 7.00. The number of nitrogens with zero attached hydrogens (tertiary/aromatic N) is 2. The molecular formula is C47H47BN2. The lowest BCUT2D eigenvalue weighted by molar-refractivity contribution is -0.0419. The van der Waals surface area contributed by atoms with Crippen LogP contribution in [0.25, 0.3) is 0 Å². The summed E-state index contributed by atoms with van der Waals surface area (Å²) in [6.07, 6.45) is 7.09. The lowest BCUT2D eigenvalue weighted by atomic mass is 9.32. The maximum atomic E-state index is 2.71. The van der Waals surface area contributed by atoms with E-state index in [9.17, 15) is 0 Å². The first-order valence-corrected chi connectivity index (χ1v) is 19.4. The third-order valence-corrected chi connectivity index (χ3v) is 14.2. The van der Waals surface area contributed by atoms with Crippen LogP contribution < -0.4 is 26.2 Å². The summed E-state index contributed by atoms with van der Waals surface area (Å²) in [5.74, 6) is 3.79. The molecule has 4 bridgehead atoms. The van der Waals surface area contributed by atoms with E-state index in [1.54, 1.807) is 11.1 Å². The first kappa shape index (κ1) is 29.5. The Bertz CT molecular complexity index is 2190. The second kappa shape index (κ2) is 9.96. The van der Waals surface area contributed by atoms with Crippen LogP contribution in [-0.2, 0) is 10.8 Å². The number of para-hydroxylation sites is 2. The van der Waals surface area contributed by atoms with E-state index in [2.05, 4.69) is 148 Å². The van der Waals surface area contributed by atoms with E-state index in [0.717, 1.165) is 23.7 Å². The second-order valence-electron chi connectivity index (χ2n) is 18.0. The van der Waals surface area contributed by atoms with Gasteiger partial charge in [-0.1, -0.05) is 101 Å². The Balaban J connectivity index is 1.20. The molecule has 2 nitrogen and oxygen atoms in total. The normalized spacial score (nSPS) is 26.2. The molecule has 4 fully saturated rings. The zero-order valence-electron chi connectivity index (χ0n) is 30.2. The largest absolute Gasteiger partial charge is 0.311 e. The standard InChI is InChI=1S/C47H47BN2/c1-28(2)31-16-21-38-43(27-31)49(35-19-17-32(18-20-35)46(3,4)5)41-14-9-15-42-44(41)48(38)39-12-8-11-37-45(39)50(42)40-13-7-6-10-36(40)47(37)33-23-29-22-30(25-33)26-34(47)24-29/h6-21,27-30,33-34H,22-26H2,1-5H3. The Morgan fingerprint density at radius 2 is 1.26 bits per heavy atom. The lowest BCUT2D eigenvalue weighted by Crippen LogP contribution is -2.64. The molecule has 0 N–H and O–H groups in total. The highest BCUT2D eigenvalue weighted by Gasteiger charge is 2.62. The van der Waals surface area contributed by atoms with Gasteiger partial charge in [-0.25, -0.2) is 0 Å². The third kappa shape index (κ3) is 3.67. The van der Waals surface area contributed by atoms with Crippen LogP contribution in [0.2, 0.25) is 0 Å². The Hall–Kier alpha value is -4.24. The Morgan fingerprint density at radius 1 is 0.620 bits per heavy atom. The van der Waals surface area contributed by atoms with E-state index in [0.29, 0.717) is 5.92 Å². The van der Waals surface area contributed by atoms with Crippen molar-refractivity contribution < 1.29 is 0 Å². The van der Waals surface area contributed by atoms with Crippen LogP contribution in [0.4, 0.5) is 34.1 Å². The third-order valence-electron chi connectivity index (χ3n) is 14.2. The van der Waals surface area contributed by atoms with Crippen molar-refractivity contribution in [2.24, 2.45) is 23.7 Å². The van der Waals surface area contributed by atoms with Gasteiger partial charge in [-0.3, -0.25) is 0 Å². The van der Waals surface area contributed by atoms with E-state index in [1.807, 2.05) is 0 Å². The quantitative estimate of drug-likeness (QED) is 0.172. The lowest BCUT2D eigenvalue weighted by Gasteiger charge is -2.64. The van der Waals surface area contributed by atoms with Crippen molar-refractivity contribution >= 4 is 57.2 Å². The van der Waals surface area contributed by atoms with Crippen molar-refractivity contribution in [1.82, 2.24) is 0 Å². The molecule has 3 heterocycles. The zero-order chi connectivity index (χ0) is 33.7. The van der Waals surface area contributed by atoms with Gasteiger partial charge in [-0.2, -0.15) is 0 Å². The molecule has 248 valence electrons. The van der Waals surface area contributed by atoms with Gasteiger partial charge in [0.15, 0.2) is 0 Å². The molecule has 12 rings (SSSR count). The number of anilines is 6. The molecule has 3 aliphatic heterocycles. The summed E-state index contributed by atoms with van der Waals surface area (Å²) in [5.41, 5.74) is 18.7. The van der Waals surface area contributed by atoms with Gasteiger partial charge in [0.25, 0.3) is 6.71 Å². The molecule has 4 aliphatic carbocycles. The predicted molar refractivity (Wildman–Crippen MR) is 211 cm³/mol. The molecule has 5 aromatic rings. The van der Waals surface area contributed by atoms with Crippen LogP contribution in [0.5, 0.6) is 0 Å². The van der Waals surface area contributed by atoms with Gasteiger partial charge >= 0.3 is 0 Å². The monoisotopic (exact) mass is 650 g/mol. The molecule has 0 radical (unpaired) electrons. The highest BCUT2D eigenvalue weighted by Crippen LogP contribution is 2.69. The maximum Gasteiger partial charge on any atom is 0.252 e. The van der Waals surface area contributed by atoms with Crippen LogP contribution in [-0.4, -0.2) is 6.71 Å². The number of rotatable bonds is 2. The maximum absolute atomic E-state index is 2.71. The van der Waals surface area contributed by atoms with E-state index in [-0.39, 0.29) is 17.5 Å². The first-order chi connectivity index (χ1) is 24.2. The van der Waals surface area contributed by atoms with Crippen LogP contribution in [0.3, 0.4) is 0 Å². The summed E-state index contributed by atoms with van der Waals surface area (Å²) in [4.78, 5) is 5.28. The van der Waals surface area contributed by atoms with E-state index < -0.39 is 0 Å². The fourth-order valence-corrected chi connectivity index (χ4v) is 12.3. The van der Waals surface area contributed by atoms with Crippen LogP contribution in [0.15, 0.2) is 103 Å². The minimum atomic E-state index is 0.109. The minimum Gasteiger partial charge on any atom is -0.311 e. The number of fused-ring (bicyclic) bond motifs is 6. The summed E-state index contributed by atoms with van der Waals surface area (Å²) in [6.45, 7) is 11.8. The first-order valence-electron chi connectivity index (χ1n) is 19.4. The van der Waals surface area contributed by atoms with Crippen molar-refractivity contribution in [2.75, 3.05) is 9.80 Å². The van der Waals surface area contributed by atoms with E-state index in [1.165, 1.54) is 93.7 Å². The van der Waals surface area contributed by atoms with Gasteiger partial charge in [-0.05, 0) is 142 Å². The Morgan fingerprint density at radius 3 is 1.96 bits per heavy atom. The van der Waals surface area contributed by atoms with Gasteiger partial charge in [0.05, 0.1) is 5.69 Å². The Kier molecular flexibility index (Phi) is 5.88. The molecule has 0 unspecified atom stereocenters. The van der Waals surface area contributed by atoms with Crippen molar-refractivity contribution in [3.8, 4) is 0 Å². The summed E-state index contributed by atoms with van der Waals surface area (Å²) in [6, 6.07) is 41.0. The summed E-state index contributed by atoms with van der Waals surface area (Å²) in [5, 5.41) is 0. The molecule has 50 heavy (non-hydrogen) atoms. The van der Waals surface area contributed by atoms with Gasteiger partial charge in [-0.15, -0.1) is 0 Å². The average molecular weight is 651 g/mol. The molecule has 0 atom stereocenters. The SMILES string of the molecule is CC(C)c1ccc2c(c1)N(c1ccc(C(C)(C)C)cc1)c1cccc3c1B2c1cccc2c1N3c1ccccc1C21C2CC3CC(C2)CC1C3. The van der Waals surface area contributed by atoms with Gasteiger partial charge < -0.3 is 9.80 Å². The van der Waals surface area contributed by atoms with Gasteiger partial charge in [0.1, 0.15) is 0 Å². The number of benzene rings is 5. The number of hydrogen-bond acceptors (Lipinski definition) is 2. The van der Waals surface area contributed by atoms with Crippen LogP contribution in [0, 0.1) is 23.7 Å². The molecule has 0 amide bonds. The fraction of sp³-hybridized carbons (Fsp3) is 0.362. The Labute approximate surface area is 298 Å². The molecule has 5 aromatic carbocycles. The van der Waals surface area contributed by atoms with E-state index >= 15 is 0 Å². The summed E-state index contributed by atoms with van der Waals surface area (Å²) in [7, 11) is 0. The number of hydrogen-bond donors (Lipinski definition) is 0. The minimum absolute atomic E-state index is 0.109. The van der Waals surface area contributed by atoms with Gasteiger partial charge in [0, 0.05) is 33.9 Å².